The second-order valence-corrected chi connectivity index (χ2v) is 8.68. The van der Waals surface area contributed by atoms with Crippen LogP contribution in [0, 0.1) is 0 Å². The van der Waals surface area contributed by atoms with Crippen LogP contribution in [-0.2, 0) is 27.1 Å². The van der Waals surface area contributed by atoms with Gasteiger partial charge in [-0.05, 0) is 11.1 Å². The third-order valence-corrected chi connectivity index (χ3v) is 6.10. The Morgan fingerprint density at radius 2 is 1.57 bits per heavy atom. The van der Waals surface area contributed by atoms with Crippen molar-refractivity contribution in [1.29, 1.82) is 0 Å². The first-order valence-electron chi connectivity index (χ1n) is 8.51. The van der Waals surface area contributed by atoms with Crippen LogP contribution in [0.5, 0.6) is 0 Å². The number of carboxylic acids is 1. The first-order chi connectivity index (χ1) is 13.3. The number of carboxylic acid groups (broad SMARTS) is 1. The zero-order valence-corrected chi connectivity index (χ0v) is 16.0. The molecule has 0 radical (unpaired) electrons. The molecule has 0 saturated heterocycles. The van der Waals surface area contributed by atoms with Crippen molar-refractivity contribution in [2.24, 2.45) is 0 Å². The minimum atomic E-state index is -4.12. The quantitative estimate of drug-likeness (QED) is 0.437. The van der Waals surface area contributed by atoms with Gasteiger partial charge in [0, 0.05) is 12.0 Å². The number of benzene rings is 2. The lowest BCUT2D eigenvalue weighted by molar-refractivity contribution is -0.132. The predicted molar refractivity (Wildman–Crippen MR) is 105 cm³/mol. The molecule has 148 valence electrons. The van der Waals surface area contributed by atoms with Crippen LogP contribution in [-0.4, -0.2) is 34.0 Å². The van der Waals surface area contributed by atoms with Crippen LogP contribution in [0.4, 0.5) is 4.79 Å². The SMILES string of the molecule is C=C(CP(=O)(O)C(Cc1ccccc1)NC(=O)OCc1ccccc1)C(=O)O. The molecule has 0 aliphatic carbocycles. The molecule has 8 heteroatoms. The molecule has 28 heavy (non-hydrogen) atoms. The molecule has 0 aliphatic heterocycles. The summed E-state index contributed by atoms with van der Waals surface area (Å²) in [7, 11) is -4.12. The van der Waals surface area contributed by atoms with E-state index in [1.165, 1.54) is 0 Å². The average Bonchev–Trinajstić information content (AvgIpc) is 2.67. The first-order valence-corrected chi connectivity index (χ1v) is 10.4. The third kappa shape index (κ3) is 6.68. The number of alkyl carbamates (subject to hydrolysis) is 1. The number of rotatable bonds is 9. The molecule has 1 amide bonds. The number of aliphatic carboxylic acids is 1. The van der Waals surface area contributed by atoms with Gasteiger partial charge in [0.05, 0.1) is 6.16 Å². The maximum atomic E-state index is 12.8. The van der Waals surface area contributed by atoms with Gasteiger partial charge in [0.25, 0.3) is 0 Å². The van der Waals surface area contributed by atoms with Gasteiger partial charge in [-0.25, -0.2) is 9.59 Å². The van der Waals surface area contributed by atoms with Gasteiger partial charge >= 0.3 is 12.1 Å². The van der Waals surface area contributed by atoms with E-state index in [9.17, 15) is 19.0 Å². The van der Waals surface area contributed by atoms with Crippen LogP contribution in [0.3, 0.4) is 0 Å². The van der Waals surface area contributed by atoms with Gasteiger partial charge in [0.1, 0.15) is 12.4 Å². The second-order valence-electron chi connectivity index (χ2n) is 6.23. The standard InChI is InChI=1S/C20H22NO6P/c1-15(19(22)23)14-28(25,26)18(12-16-8-4-2-5-9-16)21-20(24)27-13-17-10-6-3-7-11-17/h2-11,18H,1,12-14H2,(H,21,24)(H,22,23)(H,25,26). The number of nitrogens with one attached hydrogen (secondary N) is 1. The van der Waals surface area contributed by atoms with Gasteiger partial charge in [-0.1, -0.05) is 67.2 Å². The maximum absolute atomic E-state index is 12.8. The summed E-state index contributed by atoms with van der Waals surface area (Å²) in [5.41, 5.74) is 1.08. The van der Waals surface area contributed by atoms with E-state index < -0.39 is 36.9 Å². The highest BCUT2D eigenvalue weighted by Crippen LogP contribution is 2.47. The van der Waals surface area contributed by atoms with Gasteiger partial charge in [-0.2, -0.15) is 0 Å². The fraction of sp³-hybridized carbons (Fsp3) is 0.200. The van der Waals surface area contributed by atoms with Crippen molar-refractivity contribution < 1.29 is 28.9 Å². The largest absolute Gasteiger partial charge is 0.478 e. The van der Waals surface area contributed by atoms with Crippen molar-refractivity contribution in [1.82, 2.24) is 5.32 Å². The Morgan fingerprint density at radius 1 is 1.04 bits per heavy atom. The average molecular weight is 403 g/mol. The summed E-state index contributed by atoms with van der Waals surface area (Å²) in [6.45, 7) is 3.31. The summed E-state index contributed by atoms with van der Waals surface area (Å²) in [5.74, 6) is -2.58. The number of carbonyl (C=O) groups is 2. The van der Waals surface area contributed by atoms with E-state index in [2.05, 4.69) is 11.9 Å². The fourth-order valence-electron chi connectivity index (χ4n) is 2.48. The maximum Gasteiger partial charge on any atom is 0.408 e. The summed E-state index contributed by atoms with van der Waals surface area (Å²) < 4.78 is 17.9. The molecule has 0 aliphatic rings. The number of hydrogen-bond donors (Lipinski definition) is 3. The van der Waals surface area contributed by atoms with Gasteiger partial charge in [-0.15, -0.1) is 0 Å². The van der Waals surface area contributed by atoms with Crippen molar-refractivity contribution in [3.05, 3.63) is 83.9 Å². The highest BCUT2D eigenvalue weighted by Gasteiger charge is 2.34. The van der Waals surface area contributed by atoms with Gasteiger partial charge in [0.15, 0.2) is 0 Å². The van der Waals surface area contributed by atoms with Gasteiger partial charge < -0.3 is 20.1 Å². The minimum Gasteiger partial charge on any atom is -0.478 e. The lowest BCUT2D eigenvalue weighted by Crippen LogP contribution is -2.37. The molecule has 0 fully saturated rings. The smallest absolute Gasteiger partial charge is 0.408 e. The Kier molecular flexibility index (Phi) is 7.55. The molecular weight excluding hydrogens is 381 g/mol. The summed E-state index contributed by atoms with van der Waals surface area (Å²) in [4.78, 5) is 33.6. The molecule has 0 heterocycles. The van der Waals surface area contributed by atoms with Crippen molar-refractivity contribution >= 4 is 19.4 Å². The highest BCUT2D eigenvalue weighted by molar-refractivity contribution is 7.59. The third-order valence-electron chi connectivity index (χ3n) is 3.98. The summed E-state index contributed by atoms with van der Waals surface area (Å²) >= 11 is 0. The molecule has 0 aromatic heterocycles. The van der Waals surface area contributed by atoms with E-state index in [1.807, 2.05) is 6.07 Å². The Balaban J connectivity index is 2.10. The van der Waals surface area contributed by atoms with E-state index in [-0.39, 0.29) is 13.0 Å². The van der Waals surface area contributed by atoms with Gasteiger partial charge in [0.2, 0.25) is 7.37 Å². The molecular formula is C20H22NO6P. The van der Waals surface area contributed by atoms with E-state index in [4.69, 9.17) is 9.84 Å². The van der Waals surface area contributed by atoms with Crippen molar-refractivity contribution in [3.63, 3.8) is 0 Å². The Labute approximate surface area is 163 Å². The van der Waals surface area contributed by atoms with E-state index >= 15 is 0 Å². The lowest BCUT2D eigenvalue weighted by Gasteiger charge is -2.24. The topological polar surface area (TPSA) is 113 Å². The lowest BCUT2D eigenvalue weighted by atomic mass is 10.1. The van der Waals surface area contributed by atoms with Crippen LogP contribution >= 0.6 is 7.37 Å². The first kappa shape index (κ1) is 21.4. The minimum absolute atomic E-state index is 0.00228. The Hall–Kier alpha value is -2.89. The number of amides is 1. The molecule has 2 aromatic carbocycles. The van der Waals surface area contributed by atoms with Crippen LogP contribution in [0.2, 0.25) is 0 Å². The summed E-state index contributed by atoms with van der Waals surface area (Å²) in [5, 5.41) is 11.4. The molecule has 7 nitrogen and oxygen atoms in total. The number of hydrogen-bond acceptors (Lipinski definition) is 4. The fourth-order valence-corrected chi connectivity index (χ4v) is 4.19. The number of ether oxygens (including phenoxy) is 1. The molecule has 2 unspecified atom stereocenters. The molecule has 0 saturated carbocycles. The normalized spacial score (nSPS) is 13.8. The van der Waals surface area contributed by atoms with Crippen molar-refractivity contribution in [3.8, 4) is 0 Å². The van der Waals surface area contributed by atoms with Crippen molar-refractivity contribution in [2.45, 2.75) is 18.8 Å². The number of carbonyl (C=O) groups excluding carboxylic acids is 1. The zero-order chi connectivity index (χ0) is 20.6. The molecule has 2 atom stereocenters. The molecule has 3 N–H and O–H groups in total. The second kappa shape index (κ2) is 9.88. The summed E-state index contributed by atoms with van der Waals surface area (Å²) in [6.07, 6.45) is -1.46. The van der Waals surface area contributed by atoms with Gasteiger partial charge in [-0.3, -0.25) is 4.57 Å². The van der Waals surface area contributed by atoms with E-state index in [0.717, 1.165) is 5.56 Å². The molecule has 0 spiro atoms. The Bertz CT molecular complexity index is 869. The van der Waals surface area contributed by atoms with Crippen LogP contribution < -0.4 is 5.32 Å². The molecule has 2 aromatic rings. The monoisotopic (exact) mass is 403 g/mol. The Morgan fingerprint density at radius 3 is 2.11 bits per heavy atom. The van der Waals surface area contributed by atoms with Crippen LogP contribution in [0.15, 0.2) is 72.8 Å². The highest BCUT2D eigenvalue weighted by atomic mass is 31.2. The summed E-state index contributed by atoms with van der Waals surface area (Å²) in [6, 6.07) is 17.8. The van der Waals surface area contributed by atoms with E-state index in [0.29, 0.717) is 5.56 Å². The zero-order valence-electron chi connectivity index (χ0n) is 15.2. The van der Waals surface area contributed by atoms with E-state index in [1.54, 1.807) is 54.6 Å². The van der Waals surface area contributed by atoms with Crippen LogP contribution in [0.25, 0.3) is 0 Å². The molecule has 2 rings (SSSR count). The molecule has 0 bridgehead atoms. The van der Waals surface area contributed by atoms with Crippen LogP contribution in [0.1, 0.15) is 11.1 Å². The predicted octanol–water partition coefficient (Wildman–Crippen LogP) is 3.39. The van der Waals surface area contributed by atoms with Crippen molar-refractivity contribution in [2.75, 3.05) is 6.16 Å².